The highest BCUT2D eigenvalue weighted by Gasteiger charge is 2.33. The van der Waals surface area contributed by atoms with Crippen LogP contribution in [-0.4, -0.2) is 39.6 Å². The van der Waals surface area contributed by atoms with E-state index in [1.807, 2.05) is 25.1 Å². The van der Waals surface area contributed by atoms with Crippen LogP contribution in [0.15, 0.2) is 24.3 Å². The molecule has 0 unspecified atom stereocenters. The quantitative estimate of drug-likeness (QED) is 0.884. The number of aliphatic hydroxyl groups excluding tert-OH is 1. The minimum absolute atomic E-state index is 0.417. The zero-order chi connectivity index (χ0) is 18.8. The molecule has 140 valence electrons. The Hall–Kier alpha value is -2.60. The first-order valence-corrected chi connectivity index (χ1v) is 8.34. The number of hydrogen-bond donors (Lipinski definition) is 1. The van der Waals surface area contributed by atoms with E-state index in [2.05, 4.69) is 0 Å². The molecule has 0 spiro atoms. The monoisotopic (exact) mass is 360 g/mol. The molecule has 6 heteroatoms. The molecule has 0 radical (unpaired) electrons. The van der Waals surface area contributed by atoms with E-state index in [4.69, 9.17) is 23.7 Å². The van der Waals surface area contributed by atoms with E-state index in [1.165, 1.54) is 0 Å². The Morgan fingerprint density at radius 1 is 0.923 bits per heavy atom. The molecule has 0 aromatic heterocycles. The Kier molecular flexibility index (Phi) is 5.13. The van der Waals surface area contributed by atoms with Crippen LogP contribution in [0.1, 0.15) is 22.8 Å². The van der Waals surface area contributed by atoms with Crippen molar-refractivity contribution < 1.29 is 28.8 Å². The number of ether oxygens (including phenoxy) is 5. The number of aryl methyl sites for hydroxylation is 1. The maximum atomic E-state index is 10.7. The lowest BCUT2D eigenvalue weighted by molar-refractivity contribution is 0.0196. The fourth-order valence-electron chi connectivity index (χ4n) is 3.37. The molecule has 2 atom stereocenters. The third-order valence-electron chi connectivity index (χ3n) is 4.63. The van der Waals surface area contributed by atoms with Gasteiger partial charge in [0.05, 0.1) is 34.5 Å². The van der Waals surface area contributed by atoms with Crippen molar-refractivity contribution in [2.24, 2.45) is 0 Å². The van der Waals surface area contributed by atoms with Crippen LogP contribution < -0.4 is 23.7 Å². The number of hydrogen-bond acceptors (Lipinski definition) is 6. The summed E-state index contributed by atoms with van der Waals surface area (Å²) in [5.74, 6) is 3.20. The molecule has 0 saturated carbocycles. The van der Waals surface area contributed by atoms with Crippen LogP contribution in [0.4, 0.5) is 0 Å². The van der Waals surface area contributed by atoms with E-state index in [0.29, 0.717) is 35.2 Å². The second-order valence-corrected chi connectivity index (χ2v) is 6.19. The van der Waals surface area contributed by atoms with E-state index in [-0.39, 0.29) is 0 Å². The summed E-state index contributed by atoms with van der Waals surface area (Å²) in [4.78, 5) is 0. The number of methoxy groups -OCH3 is 4. The molecule has 2 aromatic carbocycles. The molecule has 2 aromatic rings. The van der Waals surface area contributed by atoms with Gasteiger partial charge in [-0.15, -0.1) is 0 Å². The lowest BCUT2D eigenvalue weighted by Crippen LogP contribution is -2.30. The summed E-state index contributed by atoms with van der Waals surface area (Å²) in [7, 11) is 6.37. The Morgan fingerprint density at radius 3 is 2.27 bits per heavy atom. The van der Waals surface area contributed by atoms with Gasteiger partial charge in [-0.2, -0.15) is 0 Å². The van der Waals surface area contributed by atoms with Crippen molar-refractivity contribution in [3.8, 4) is 28.7 Å². The summed E-state index contributed by atoms with van der Waals surface area (Å²) in [5.41, 5.74) is 2.56. The third-order valence-corrected chi connectivity index (χ3v) is 4.63. The number of fused-ring (bicyclic) bond motifs is 1. The molecule has 1 aliphatic heterocycles. The lowest BCUT2D eigenvalue weighted by Gasteiger charge is -2.32. The minimum atomic E-state index is -0.720. The number of benzene rings is 2. The van der Waals surface area contributed by atoms with E-state index in [0.717, 1.165) is 16.7 Å². The summed E-state index contributed by atoms with van der Waals surface area (Å²) in [6, 6.07) is 7.37. The number of rotatable bonds is 5. The number of aliphatic hydroxyl groups is 1. The summed E-state index contributed by atoms with van der Waals surface area (Å²) in [6.45, 7) is 1.93. The van der Waals surface area contributed by atoms with Crippen LogP contribution in [-0.2, 0) is 6.42 Å². The predicted molar refractivity (Wildman–Crippen MR) is 96.9 cm³/mol. The topological polar surface area (TPSA) is 66.4 Å². The van der Waals surface area contributed by atoms with Gasteiger partial charge in [0.25, 0.3) is 0 Å². The van der Waals surface area contributed by atoms with Crippen LogP contribution in [0.2, 0.25) is 0 Å². The van der Waals surface area contributed by atoms with Crippen LogP contribution in [0, 0.1) is 6.92 Å². The van der Waals surface area contributed by atoms with E-state index in [9.17, 15) is 5.11 Å². The summed E-state index contributed by atoms with van der Waals surface area (Å²) < 4.78 is 27.7. The molecule has 0 amide bonds. The largest absolute Gasteiger partial charge is 0.496 e. The van der Waals surface area contributed by atoms with Gasteiger partial charge in [-0.05, 0) is 30.2 Å². The molecule has 26 heavy (non-hydrogen) atoms. The SMILES string of the molecule is COc1cc(OC)c2c(c1)O[C@H](c1cc(C)c(OC)c(OC)c1)[C@@H](O)C2. The van der Waals surface area contributed by atoms with Gasteiger partial charge in [0.1, 0.15) is 23.4 Å². The zero-order valence-corrected chi connectivity index (χ0v) is 15.7. The molecular weight excluding hydrogens is 336 g/mol. The second kappa shape index (κ2) is 7.33. The molecule has 1 aliphatic rings. The van der Waals surface area contributed by atoms with Crippen LogP contribution in [0.25, 0.3) is 0 Å². The normalized spacial score (nSPS) is 18.5. The Bertz CT molecular complexity index is 801. The first-order valence-electron chi connectivity index (χ1n) is 8.34. The van der Waals surface area contributed by atoms with Gasteiger partial charge in [0.15, 0.2) is 11.5 Å². The Labute approximate surface area is 153 Å². The highest BCUT2D eigenvalue weighted by atomic mass is 16.5. The van der Waals surface area contributed by atoms with Crippen molar-refractivity contribution in [2.75, 3.05) is 28.4 Å². The summed E-state index contributed by atoms with van der Waals surface area (Å²) >= 11 is 0. The van der Waals surface area contributed by atoms with Gasteiger partial charge in [-0.1, -0.05) is 0 Å². The fraction of sp³-hybridized carbons (Fsp3) is 0.400. The molecule has 1 heterocycles. The van der Waals surface area contributed by atoms with E-state index in [1.54, 1.807) is 34.5 Å². The van der Waals surface area contributed by atoms with Gasteiger partial charge < -0.3 is 28.8 Å². The van der Waals surface area contributed by atoms with Crippen molar-refractivity contribution in [1.82, 2.24) is 0 Å². The molecular formula is C20H24O6. The highest BCUT2D eigenvalue weighted by Crippen LogP contribution is 2.44. The average Bonchev–Trinajstić information content (AvgIpc) is 2.65. The molecule has 3 rings (SSSR count). The molecule has 0 aliphatic carbocycles. The van der Waals surface area contributed by atoms with Crippen LogP contribution in [0.3, 0.4) is 0 Å². The molecule has 1 N–H and O–H groups in total. The van der Waals surface area contributed by atoms with Crippen molar-refractivity contribution in [1.29, 1.82) is 0 Å². The molecule has 0 saturated heterocycles. The molecule has 0 fully saturated rings. The minimum Gasteiger partial charge on any atom is -0.496 e. The first kappa shape index (κ1) is 18.2. The van der Waals surface area contributed by atoms with Gasteiger partial charge in [0.2, 0.25) is 0 Å². The first-order chi connectivity index (χ1) is 12.5. The molecule has 0 bridgehead atoms. The van der Waals surface area contributed by atoms with Gasteiger partial charge in [-0.25, -0.2) is 0 Å². The maximum absolute atomic E-state index is 10.7. The lowest BCUT2D eigenvalue weighted by atomic mass is 9.93. The molecule has 6 nitrogen and oxygen atoms in total. The van der Waals surface area contributed by atoms with Crippen molar-refractivity contribution in [3.63, 3.8) is 0 Å². The predicted octanol–water partition coefficient (Wildman–Crippen LogP) is 3.07. The second-order valence-electron chi connectivity index (χ2n) is 6.19. The van der Waals surface area contributed by atoms with Crippen molar-refractivity contribution >= 4 is 0 Å². The highest BCUT2D eigenvalue weighted by molar-refractivity contribution is 5.54. The van der Waals surface area contributed by atoms with Crippen molar-refractivity contribution in [2.45, 2.75) is 25.6 Å². The van der Waals surface area contributed by atoms with Gasteiger partial charge >= 0.3 is 0 Å². The third kappa shape index (κ3) is 3.12. The summed E-state index contributed by atoms with van der Waals surface area (Å²) in [5, 5.41) is 10.7. The average molecular weight is 360 g/mol. The smallest absolute Gasteiger partial charge is 0.163 e. The standard InChI is InChI=1S/C20H24O6/c1-11-6-12(7-18(24-4)19(11)25-5)20-15(21)10-14-16(23-3)8-13(22-2)9-17(14)26-20/h6-9,15,20-21H,10H2,1-5H3/t15-,20+/m0/s1. The zero-order valence-electron chi connectivity index (χ0n) is 15.7. The van der Waals surface area contributed by atoms with Gasteiger partial charge in [-0.3, -0.25) is 0 Å². The maximum Gasteiger partial charge on any atom is 0.163 e. The summed E-state index contributed by atoms with van der Waals surface area (Å²) in [6.07, 6.45) is -0.833. The van der Waals surface area contributed by atoms with Crippen molar-refractivity contribution in [3.05, 3.63) is 41.0 Å². The van der Waals surface area contributed by atoms with E-state index >= 15 is 0 Å². The van der Waals surface area contributed by atoms with E-state index < -0.39 is 12.2 Å². The Morgan fingerprint density at radius 2 is 1.65 bits per heavy atom. The van der Waals surface area contributed by atoms with Gasteiger partial charge in [0, 0.05) is 24.1 Å². The fourth-order valence-corrected chi connectivity index (χ4v) is 3.37. The van der Waals surface area contributed by atoms with Crippen LogP contribution in [0.5, 0.6) is 28.7 Å². The van der Waals surface area contributed by atoms with Crippen LogP contribution >= 0.6 is 0 Å². The Balaban J connectivity index is 2.03.